The van der Waals surface area contributed by atoms with Crippen molar-refractivity contribution in [3.05, 3.63) is 22.8 Å². The van der Waals surface area contributed by atoms with E-state index in [2.05, 4.69) is 4.42 Å². The molecule has 3 N–H and O–H groups in total. The maximum absolute atomic E-state index is 10.6. The molecular weight excluding hydrogens is 150 g/mol. The maximum atomic E-state index is 10.6. The topological polar surface area (TPSA) is 88.3 Å². The van der Waals surface area contributed by atoms with Crippen LogP contribution in [0.3, 0.4) is 0 Å². The van der Waals surface area contributed by atoms with Gasteiger partial charge in [-0.25, -0.2) is 0 Å². The second-order valence-corrected chi connectivity index (χ2v) is 1.66. The van der Waals surface area contributed by atoms with Gasteiger partial charge in [-0.15, -0.1) is 0 Å². The molecule has 11 heavy (non-hydrogen) atoms. The lowest BCUT2D eigenvalue weighted by atomic mass is 10.5. The van der Waals surface area contributed by atoms with E-state index in [1.807, 2.05) is 0 Å². The highest BCUT2D eigenvalue weighted by atomic mass is 16.4. The molecular formula is C5H5N3O3+. The first kappa shape index (κ1) is 7.42. The number of hydrogen-bond acceptors (Lipinski definition) is 4. The van der Waals surface area contributed by atoms with Crippen LogP contribution in [0.25, 0.3) is 0 Å². The Labute approximate surface area is 61.5 Å². The number of carbonyl (C=O) groups excluding carboxylic acids is 1. The molecule has 1 radical (unpaired) electrons. The molecule has 57 valence electrons. The van der Waals surface area contributed by atoms with E-state index >= 15 is 0 Å². The predicted octanol–water partition coefficient (Wildman–Crippen LogP) is -0.474. The minimum absolute atomic E-state index is 0.0453. The molecule has 0 aliphatic rings. The zero-order valence-electron chi connectivity index (χ0n) is 5.40. The minimum atomic E-state index is -0.0918. The van der Waals surface area contributed by atoms with Crippen LogP contribution in [0.5, 0.6) is 0 Å². The third kappa shape index (κ3) is 1.41. The van der Waals surface area contributed by atoms with Crippen molar-refractivity contribution in [2.24, 2.45) is 5.84 Å². The van der Waals surface area contributed by atoms with Gasteiger partial charge >= 0.3 is 5.88 Å². The smallest absolute Gasteiger partial charge is 0.396 e. The zero-order chi connectivity index (χ0) is 8.27. The van der Waals surface area contributed by atoms with Gasteiger partial charge in [0.05, 0.1) is 11.0 Å². The first-order valence-electron chi connectivity index (χ1n) is 2.69. The van der Waals surface area contributed by atoms with Crippen LogP contribution in [0.4, 0.5) is 5.88 Å². The molecule has 6 nitrogen and oxygen atoms in total. The number of nitrogens with zero attached hydrogens (tertiary/aromatic N) is 1. The van der Waals surface area contributed by atoms with E-state index in [4.69, 9.17) is 5.84 Å². The van der Waals surface area contributed by atoms with Gasteiger partial charge in [0.2, 0.25) is 4.87 Å². The van der Waals surface area contributed by atoms with E-state index < -0.39 is 0 Å². The highest BCUT2D eigenvalue weighted by Gasteiger charge is 2.17. The van der Waals surface area contributed by atoms with E-state index in [-0.39, 0.29) is 16.5 Å². The summed E-state index contributed by atoms with van der Waals surface area (Å²) in [4.78, 5) is 20.7. The SMILES string of the molecule is NN[N+](=O)c1ccc([C]=O)o1. The second kappa shape index (κ2) is 2.93. The third-order valence-electron chi connectivity index (χ3n) is 1.01. The molecule has 0 saturated carbocycles. The molecule has 0 aliphatic carbocycles. The third-order valence-corrected chi connectivity index (χ3v) is 1.01. The van der Waals surface area contributed by atoms with Crippen LogP contribution in [0.1, 0.15) is 5.76 Å². The van der Waals surface area contributed by atoms with Gasteiger partial charge in [0, 0.05) is 0 Å². The second-order valence-electron chi connectivity index (χ2n) is 1.66. The van der Waals surface area contributed by atoms with Crippen molar-refractivity contribution in [2.75, 3.05) is 0 Å². The van der Waals surface area contributed by atoms with Crippen LogP contribution < -0.4 is 11.4 Å². The maximum Gasteiger partial charge on any atom is 0.456 e. The quantitative estimate of drug-likeness (QED) is 0.350. The first-order chi connectivity index (χ1) is 5.27. The fourth-order valence-corrected chi connectivity index (χ4v) is 0.555. The summed E-state index contributed by atoms with van der Waals surface area (Å²) in [5.41, 5.74) is 1.77. The molecule has 0 amide bonds. The van der Waals surface area contributed by atoms with Gasteiger partial charge in [-0.05, 0) is 6.07 Å². The van der Waals surface area contributed by atoms with E-state index in [0.717, 1.165) is 0 Å². The molecule has 0 aromatic carbocycles. The predicted molar refractivity (Wildman–Crippen MR) is 34.1 cm³/mol. The number of nitrogens with two attached hydrogens (primary N) is 1. The van der Waals surface area contributed by atoms with E-state index in [9.17, 15) is 9.70 Å². The molecule has 0 aliphatic heterocycles. The lowest BCUT2D eigenvalue weighted by molar-refractivity contribution is -0.542. The molecule has 0 atom stereocenters. The van der Waals surface area contributed by atoms with Gasteiger partial charge in [-0.2, -0.15) is 5.84 Å². The Morgan fingerprint density at radius 1 is 1.64 bits per heavy atom. The Hall–Kier alpha value is -1.69. The summed E-state index contributed by atoms with van der Waals surface area (Å²) in [5.74, 6) is 4.62. The number of rotatable bonds is 3. The Morgan fingerprint density at radius 3 is 2.82 bits per heavy atom. The molecule has 1 rings (SSSR count). The van der Waals surface area contributed by atoms with Crippen LogP contribution in [-0.4, -0.2) is 11.2 Å². The van der Waals surface area contributed by atoms with E-state index in [1.54, 1.807) is 5.53 Å². The Balaban J connectivity index is 2.88. The lowest BCUT2D eigenvalue weighted by Crippen LogP contribution is -2.29. The van der Waals surface area contributed by atoms with E-state index in [1.165, 1.54) is 18.4 Å². The molecule has 0 unspecified atom stereocenters. The summed E-state index contributed by atoms with van der Waals surface area (Å²) in [7, 11) is 0. The summed E-state index contributed by atoms with van der Waals surface area (Å²) < 4.78 is 4.63. The monoisotopic (exact) mass is 155 g/mol. The molecule has 0 saturated heterocycles. The summed E-state index contributed by atoms with van der Waals surface area (Å²) in [6.07, 6.45) is 1.48. The van der Waals surface area contributed by atoms with Crippen molar-refractivity contribution in [1.29, 1.82) is 0 Å². The molecule has 0 spiro atoms. The van der Waals surface area contributed by atoms with Crippen molar-refractivity contribution in [2.45, 2.75) is 0 Å². The molecule has 0 bridgehead atoms. The first-order valence-corrected chi connectivity index (χ1v) is 2.69. The zero-order valence-corrected chi connectivity index (χ0v) is 5.40. The van der Waals surface area contributed by atoms with Gasteiger partial charge in [0.25, 0.3) is 6.29 Å². The van der Waals surface area contributed by atoms with Gasteiger partial charge in [-0.3, -0.25) is 4.79 Å². The standard InChI is InChI=1S/C5H5N3O3/c6-7-8(10)5-2-1-4(3-9)11-5/h1-2H,6H2,(H,7,10)/q+1. The summed E-state index contributed by atoms with van der Waals surface area (Å²) in [6, 6.07) is 2.61. The number of hydrazine groups is 2. The molecule has 6 heteroatoms. The Bertz CT molecular complexity index is 280. The summed E-state index contributed by atoms with van der Waals surface area (Å²) >= 11 is 0. The van der Waals surface area contributed by atoms with Crippen molar-refractivity contribution >= 4 is 12.2 Å². The molecule has 1 heterocycles. The van der Waals surface area contributed by atoms with Crippen LogP contribution in [-0.2, 0) is 4.79 Å². The van der Waals surface area contributed by atoms with E-state index in [0.29, 0.717) is 0 Å². The summed E-state index contributed by atoms with van der Waals surface area (Å²) in [5, 5.41) is 0. The number of hydrogen-bond donors (Lipinski definition) is 2. The lowest BCUT2D eigenvalue weighted by Gasteiger charge is -1.80. The van der Waals surface area contributed by atoms with Crippen molar-refractivity contribution in [1.82, 2.24) is 5.53 Å². The molecule has 1 aromatic heterocycles. The largest absolute Gasteiger partial charge is 0.456 e. The highest BCUT2D eigenvalue weighted by molar-refractivity contribution is 5.71. The Morgan fingerprint density at radius 2 is 2.36 bits per heavy atom. The fraction of sp³-hybridized carbons (Fsp3) is 0. The van der Waals surface area contributed by atoms with Crippen molar-refractivity contribution < 1.29 is 14.1 Å². The normalized spacial score (nSPS) is 9.18. The van der Waals surface area contributed by atoms with Gasteiger partial charge in [-0.1, -0.05) is 5.53 Å². The molecule has 0 fully saturated rings. The van der Waals surface area contributed by atoms with Gasteiger partial charge in [0.1, 0.15) is 0 Å². The fourth-order valence-electron chi connectivity index (χ4n) is 0.555. The van der Waals surface area contributed by atoms with Crippen LogP contribution >= 0.6 is 0 Å². The summed E-state index contributed by atoms with van der Waals surface area (Å²) in [6.45, 7) is 0. The van der Waals surface area contributed by atoms with Crippen LogP contribution in [0.15, 0.2) is 16.5 Å². The average molecular weight is 155 g/mol. The van der Waals surface area contributed by atoms with Crippen molar-refractivity contribution in [3.8, 4) is 0 Å². The molecule has 1 aromatic rings. The van der Waals surface area contributed by atoms with Crippen LogP contribution in [0.2, 0.25) is 0 Å². The van der Waals surface area contributed by atoms with Crippen LogP contribution in [0, 0.1) is 4.91 Å². The van der Waals surface area contributed by atoms with Crippen molar-refractivity contribution in [3.63, 3.8) is 0 Å². The number of nitroso groups, excluding NO2 is 1. The van der Waals surface area contributed by atoms with Gasteiger partial charge < -0.3 is 4.42 Å². The minimum Gasteiger partial charge on any atom is -0.396 e. The number of furan rings is 1. The van der Waals surface area contributed by atoms with Gasteiger partial charge in [0.15, 0.2) is 5.76 Å². The highest BCUT2D eigenvalue weighted by Crippen LogP contribution is 2.12. The Kier molecular flexibility index (Phi) is 1.98. The number of nitrogens with one attached hydrogen (secondary N) is 1. The average Bonchev–Trinajstić information content (AvgIpc) is 2.50.